The number of rotatable bonds is 8. The molecule has 0 unspecified atom stereocenters. The number of benzene rings is 2. The van der Waals surface area contributed by atoms with Crippen molar-refractivity contribution in [2.45, 2.75) is 6.92 Å². The first kappa shape index (κ1) is 19.7. The largest absolute Gasteiger partial charge is 0.493 e. The van der Waals surface area contributed by atoms with Crippen molar-refractivity contribution in [2.24, 2.45) is 0 Å². The fraction of sp³-hybridized carbons (Fsp3) is 0.222. The second-order valence-electron chi connectivity index (χ2n) is 5.23. The van der Waals surface area contributed by atoms with Crippen LogP contribution in [0.1, 0.15) is 17.3 Å². The smallest absolute Gasteiger partial charge is 0.338 e. The van der Waals surface area contributed by atoms with Crippen molar-refractivity contribution in [3.05, 3.63) is 58.1 Å². The van der Waals surface area contributed by atoms with Gasteiger partial charge in [0.1, 0.15) is 0 Å². The third-order valence-electron chi connectivity index (χ3n) is 3.40. The predicted molar refractivity (Wildman–Crippen MR) is 96.2 cm³/mol. The van der Waals surface area contributed by atoms with Gasteiger partial charge < -0.3 is 19.5 Å². The summed E-state index contributed by atoms with van der Waals surface area (Å²) in [5.74, 6) is -0.403. The predicted octanol–water partition coefficient (Wildman–Crippen LogP) is 2.80. The lowest BCUT2D eigenvalue weighted by molar-refractivity contribution is -0.384. The van der Waals surface area contributed by atoms with Crippen molar-refractivity contribution in [1.29, 1.82) is 0 Å². The topological polar surface area (TPSA) is 117 Å². The van der Waals surface area contributed by atoms with E-state index in [0.29, 0.717) is 23.8 Å². The molecule has 0 atom stereocenters. The molecule has 27 heavy (non-hydrogen) atoms. The quantitative estimate of drug-likeness (QED) is 0.429. The summed E-state index contributed by atoms with van der Waals surface area (Å²) in [5.41, 5.74) is 0.465. The van der Waals surface area contributed by atoms with Gasteiger partial charge in [-0.15, -0.1) is 0 Å². The van der Waals surface area contributed by atoms with E-state index in [1.165, 1.54) is 43.5 Å². The molecule has 0 heterocycles. The van der Waals surface area contributed by atoms with Crippen LogP contribution in [0.15, 0.2) is 42.5 Å². The molecule has 9 heteroatoms. The number of nitrogens with one attached hydrogen (secondary N) is 1. The Morgan fingerprint density at radius 2 is 1.81 bits per heavy atom. The van der Waals surface area contributed by atoms with E-state index in [2.05, 4.69) is 5.32 Å². The zero-order chi connectivity index (χ0) is 19.8. The number of carbonyl (C=O) groups is 2. The summed E-state index contributed by atoms with van der Waals surface area (Å²) in [6, 6.07) is 9.83. The normalized spacial score (nSPS) is 10.0. The molecule has 0 radical (unpaired) electrons. The Hall–Kier alpha value is -3.62. The van der Waals surface area contributed by atoms with Gasteiger partial charge in [0.15, 0.2) is 18.1 Å². The molecule has 1 N–H and O–H groups in total. The Morgan fingerprint density at radius 3 is 2.41 bits per heavy atom. The minimum atomic E-state index is -0.699. The van der Waals surface area contributed by atoms with Crippen LogP contribution in [0.4, 0.5) is 11.4 Å². The van der Waals surface area contributed by atoms with Crippen molar-refractivity contribution in [3.63, 3.8) is 0 Å². The number of hydrogen-bond donors (Lipinski definition) is 1. The van der Waals surface area contributed by atoms with E-state index in [4.69, 9.17) is 14.2 Å². The maximum atomic E-state index is 12.1. The highest BCUT2D eigenvalue weighted by Gasteiger charge is 2.14. The molecule has 0 aliphatic carbocycles. The monoisotopic (exact) mass is 374 g/mol. The number of carbonyl (C=O) groups excluding carboxylic acids is 2. The number of hydrogen-bond acceptors (Lipinski definition) is 7. The highest BCUT2D eigenvalue weighted by atomic mass is 16.6. The van der Waals surface area contributed by atoms with Gasteiger partial charge in [-0.3, -0.25) is 14.9 Å². The number of esters is 1. The molecule has 0 aliphatic heterocycles. The summed E-state index contributed by atoms with van der Waals surface area (Å²) in [7, 11) is 1.45. The van der Waals surface area contributed by atoms with Gasteiger partial charge in [0.25, 0.3) is 11.6 Å². The molecule has 1 amide bonds. The van der Waals surface area contributed by atoms with Gasteiger partial charge in [0.05, 0.1) is 24.2 Å². The summed E-state index contributed by atoms with van der Waals surface area (Å²) in [6.45, 7) is 1.76. The minimum absolute atomic E-state index is 0.0936. The lowest BCUT2D eigenvalue weighted by atomic mass is 10.2. The summed E-state index contributed by atoms with van der Waals surface area (Å²) < 4.78 is 15.5. The van der Waals surface area contributed by atoms with Crippen LogP contribution in [0.25, 0.3) is 0 Å². The minimum Gasteiger partial charge on any atom is -0.493 e. The third kappa shape index (κ3) is 5.43. The molecule has 9 nitrogen and oxygen atoms in total. The van der Waals surface area contributed by atoms with E-state index in [-0.39, 0.29) is 11.3 Å². The van der Waals surface area contributed by atoms with Gasteiger partial charge in [-0.25, -0.2) is 4.79 Å². The van der Waals surface area contributed by atoms with E-state index in [1.807, 2.05) is 6.92 Å². The van der Waals surface area contributed by atoms with Gasteiger partial charge in [0.2, 0.25) is 0 Å². The molecular weight excluding hydrogens is 356 g/mol. The summed E-state index contributed by atoms with van der Waals surface area (Å²) in [4.78, 5) is 34.0. The fourth-order valence-electron chi connectivity index (χ4n) is 2.15. The van der Waals surface area contributed by atoms with Crippen LogP contribution in [0.2, 0.25) is 0 Å². The maximum Gasteiger partial charge on any atom is 0.338 e. The number of amides is 1. The Bertz CT molecular complexity index is 834. The molecule has 2 rings (SSSR count). The number of ether oxygens (including phenoxy) is 3. The first-order valence-electron chi connectivity index (χ1n) is 7.97. The first-order chi connectivity index (χ1) is 12.9. The Labute approximate surface area is 155 Å². The second kappa shape index (κ2) is 9.18. The van der Waals surface area contributed by atoms with Crippen molar-refractivity contribution in [2.75, 3.05) is 25.6 Å². The SMILES string of the molecule is CCOc1ccc(C(=O)OCC(=O)Nc2ccc([N+](=O)[O-])cc2)cc1OC. The fourth-order valence-corrected chi connectivity index (χ4v) is 2.15. The number of anilines is 1. The number of nitro benzene ring substituents is 1. The molecule has 0 fully saturated rings. The summed E-state index contributed by atoms with van der Waals surface area (Å²) >= 11 is 0. The highest BCUT2D eigenvalue weighted by molar-refractivity contribution is 5.95. The standard InChI is InChI=1S/C18H18N2O7/c1-3-26-15-9-4-12(10-16(15)25-2)18(22)27-11-17(21)19-13-5-7-14(8-6-13)20(23)24/h4-10H,3,11H2,1-2H3,(H,19,21). The van der Waals surface area contributed by atoms with E-state index >= 15 is 0 Å². The molecule has 0 saturated carbocycles. The first-order valence-corrected chi connectivity index (χ1v) is 7.97. The van der Waals surface area contributed by atoms with Crippen LogP contribution in [-0.4, -0.2) is 37.1 Å². The number of methoxy groups -OCH3 is 1. The maximum absolute atomic E-state index is 12.1. The van der Waals surface area contributed by atoms with Gasteiger partial charge in [0, 0.05) is 17.8 Å². The van der Waals surface area contributed by atoms with Crippen molar-refractivity contribution >= 4 is 23.3 Å². The Balaban J connectivity index is 1.92. The summed E-state index contributed by atoms with van der Waals surface area (Å²) in [5, 5.41) is 13.1. The van der Waals surface area contributed by atoms with E-state index < -0.39 is 23.4 Å². The van der Waals surface area contributed by atoms with Gasteiger partial charge >= 0.3 is 5.97 Å². The summed E-state index contributed by atoms with van der Waals surface area (Å²) in [6.07, 6.45) is 0. The lowest BCUT2D eigenvalue weighted by Gasteiger charge is -2.11. The highest BCUT2D eigenvalue weighted by Crippen LogP contribution is 2.28. The van der Waals surface area contributed by atoms with Gasteiger partial charge in [-0.1, -0.05) is 0 Å². The van der Waals surface area contributed by atoms with Gasteiger partial charge in [-0.05, 0) is 37.3 Å². The van der Waals surface area contributed by atoms with Crippen molar-refractivity contribution in [3.8, 4) is 11.5 Å². The van der Waals surface area contributed by atoms with Crippen LogP contribution in [0.3, 0.4) is 0 Å². The molecule has 142 valence electrons. The molecular formula is C18H18N2O7. The van der Waals surface area contributed by atoms with Gasteiger partial charge in [-0.2, -0.15) is 0 Å². The molecule has 0 aromatic heterocycles. The molecule has 2 aromatic rings. The third-order valence-corrected chi connectivity index (χ3v) is 3.40. The van der Waals surface area contributed by atoms with Crippen molar-refractivity contribution in [1.82, 2.24) is 0 Å². The molecule has 0 bridgehead atoms. The van der Waals surface area contributed by atoms with Crippen LogP contribution in [-0.2, 0) is 9.53 Å². The van der Waals surface area contributed by atoms with Crippen LogP contribution in [0, 0.1) is 10.1 Å². The zero-order valence-electron chi connectivity index (χ0n) is 14.8. The molecule has 2 aromatic carbocycles. The Morgan fingerprint density at radius 1 is 1.11 bits per heavy atom. The van der Waals surface area contributed by atoms with E-state index in [9.17, 15) is 19.7 Å². The number of non-ortho nitro benzene ring substituents is 1. The lowest BCUT2D eigenvalue weighted by Crippen LogP contribution is -2.21. The zero-order valence-corrected chi connectivity index (χ0v) is 14.8. The second-order valence-corrected chi connectivity index (χ2v) is 5.23. The molecule has 0 saturated heterocycles. The Kier molecular flexibility index (Phi) is 6.70. The van der Waals surface area contributed by atoms with Crippen molar-refractivity contribution < 1.29 is 28.7 Å². The van der Waals surface area contributed by atoms with Crippen LogP contribution < -0.4 is 14.8 Å². The molecule has 0 spiro atoms. The van der Waals surface area contributed by atoms with Crippen LogP contribution >= 0.6 is 0 Å². The number of nitro groups is 1. The average Bonchev–Trinajstić information content (AvgIpc) is 2.67. The van der Waals surface area contributed by atoms with E-state index in [0.717, 1.165) is 0 Å². The number of nitrogens with zero attached hydrogens (tertiary/aromatic N) is 1. The average molecular weight is 374 g/mol. The van der Waals surface area contributed by atoms with E-state index in [1.54, 1.807) is 6.07 Å². The molecule has 0 aliphatic rings. The van der Waals surface area contributed by atoms with Crippen LogP contribution in [0.5, 0.6) is 11.5 Å².